The molecule has 34 heavy (non-hydrogen) atoms. The first-order valence-corrected chi connectivity index (χ1v) is 12.1. The quantitative estimate of drug-likeness (QED) is 0.607. The number of likely N-dealkylation sites (N-methyl/N-ethyl adjacent to an activating group) is 1. The summed E-state index contributed by atoms with van der Waals surface area (Å²) in [6.45, 7) is 10.3. The third-order valence-corrected chi connectivity index (χ3v) is 7.30. The molecule has 1 N–H and O–H groups in total. The van der Waals surface area contributed by atoms with Crippen molar-refractivity contribution in [3.05, 3.63) is 69.3 Å². The fraction of sp³-hybridized carbons (Fsp3) is 0.407. The van der Waals surface area contributed by atoms with E-state index < -0.39 is 17.2 Å². The molecule has 0 unspecified atom stereocenters. The maximum Gasteiger partial charge on any atom is 0.261 e. The number of aromatic nitrogens is 1. The number of aryl methyl sites for hydroxylation is 1. The minimum atomic E-state index is -0.463. The molecule has 6 nitrogen and oxygen atoms in total. The van der Waals surface area contributed by atoms with E-state index in [1.165, 1.54) is 6.07 Å². The van der Waals surface area contributed by atoms with Crippen molar-refractivity contribution < 1.29 is 9.18 Å². The molecule has 2 aliphatic rings. The number of halogens is 1. The van der Waals surface area contributed by atoms with E-state index >= 15 is 4.39 Å². The Kier molecular flexibility index (Phi) is 5.90. The molecule has 2 fully saturated rings. The summed E-state index contributed by atoms with van der Waals surface area (Å²) in [6, 6.07) is 9.03. The maximum absolute atomic E-state index is 15.3. The lowest BCUT2D eigenvalue weighted by molar-refractivity contribution is 0.102. The second-order valence-corrected chi connectivity index (χ2v) is 9.45. The van der Waals surface area contributed by atoms with Crippen molar-refractivity contribution >= 4 is 28.2 Å². The molecular formula is C27H31FN4O2. The van der Waals surface area contributed by atoms with E-state index in [0.717, 1.165) is 56.7 Å². The van der Waals surface area contributed by atoms with Gasteiger partial charge in [-0.25, -0.2) is 4.39 Å². The van der Waals surface area contributed by atoms with E-state index in [2.05, 4.69) is 22.0 Å². The monoisotopic (exact) mass is 462 g/mol. The Hall–Kier alpha value is -3.19. The Morgan fingerprint density at radius 1 is 1.12 bits per heavy atom. The van der Waals surface area contributed by atoms with Crippen LogP contribution in [0.2, 0.25) is 0 Å². The Labute approximate surface area is 199 Å². The van der Waals surface area contributed by atoms with Crippen LogP contribution in [-0.2, 0) is 0 Å². The molecule has 178 valence electrons. The Bertz CT molecular complexity index is 1320. The predicted octanol–water partition coefficient (Wildman–Crippen LogP) is 4.49. The van der Waals surface area contributed by atoms with Crippen molar-refractivity contribution in [1.82, 2.24) is 9.47 Å². The largest absolute Gasteiger partial charge is 0.367 e. The van der Waals surface area contributed by atoms with Gasteiger partial charge in [-0.05, 0) is 62.6 Å². The van der Waals surface area contributed by atoms with Gasteiger partial charge in [-0.3, -0.25) is 9.59 Å². The van der Waals surface area contributed by atoms with Gasteiger partial charge >= 0.3 is 0 Å². The lowest BCUT2D eigenvalue weighted by Crippen LogP contribution is -2.46. The molecule has 1 amide bonds. The number of anilines is 2. The van der Waals surface area contributed by atoms with Gasteiger partial charge in [0.2, 0.25) is 5.43 Å². The van der Waals surface area contributed by atoms with E-state index in [1.807, 2.05) is 36.6 Å². The predicted molar refractivity (Wildman–Crippen MR) is 135 cm³/mol. The van der Waals surface area contributed by atoms with Crippen LogP contribution in [0.1, 0.15) is 47.3 Å². The first-order chi connectivity index (χ1) is 16.4. The topological polar surface area (TPSA) is 57.6 Å². The highest BCUT2D eigenvalue weighted by molar-refractivity contribution is 6.06. The third kappa shape index (κ3) is 4.09. The van der Waals surface area contributed by atoms with Crippen LogP contribution in [0, 0.1) is 19.7 Å². The van der Waals surface area contributed by atoms with Crippen molar-refractivity contribution in [2.45, 2.75) is 39.7 Å². The van der Waals surface area contributed by atoms with Crippen LogP contribution in [0.4, 0.5) is 15.8 Å². The van der Waals surface area contributed by atoms with Gasteiger partial charge in [-0.15, -0.1) is 0 Å². The minimum absolute atomic E-state index is 0.0454. The summed E-state index contributed by atoms with van der Waals surface area (Å²) in [5.41, 5.74) is 3.53. The van der Waals surface area contributed by atoms with Gasteiger partial charge in [0.1, 0.15) is 11.4 Å². The molecule has 0 atom stereocenters. The van der Waals surface area contributed by atoms with Gasteiger partial charge in [-0.1, -0.05) is 19.1 Å². The number of hydrogen-bond acceptors (Lipinski definition) is 4. The first kappa shape index (κ1) is 22.6. The van der Waals surface area contributed by atoms with Gasteiger partial charge < -0.3 is 19.7 Å². The molecule has 1 aliphatic heterocycles. The van der Waals surface area contributed by atoms with Gasteiger partial charge in [-0.2, -0.15) is 0 Å². The zero-order valence-electron chi connectivity index (χ0n) is 20.0. The van der Waals surface area contributed by atoms with Crippen LogP contribution in [0.5, 0.6) is 0 Å². The molecule has 0 radical (unpaired) electrons. The normalized spacial score (nSPS) is 16.8. The molecule has 1 saturated carbocycles. The fourth-order valence-electron chi connectivity index (χ4n) is 4.80. The van der Waals surface area contributed by atoms with Crippen LogP contribution >= 0.6 is 0 Å². The second kappa shape index (κ2) is 8.87. The summed E-state index contributed by atoms with van der Waals surface area (Å²) in [6.07, 6.45) is 3.63. The van der Waals surface area contributed by atoms with Crippen LogP contribution in [0.25, 0.3) is 10.9 Å². The van der Waals surface area contributed by atoms with Crippen LogP contribution in [0.3, 0.4) is 0 Å². The summed E-state index contributed by atoms with van der Waals surface area (Å²) in [5, 5.41) is 3.15. The number of pyridine rings is 1. The lowest BCUT2D eigenvalue weighted by Gasteiger charge is -2.35. The number of rotatable bonds is 5. The number of carbonyl (C=O) groups excluding carboxylic acids is 1. The van der Waals surface area contributed by atoms with Crippen molar-refractivity contribution in [3.8, 4) is 0 Å². The van der Waals surface area contributed by atoms with Crippen molar-refractivity contribution in [2.75, 3.05) is 42.9 Å². The minimum Gasteiger partial charge on any atom is -0.367 e. The maximum atomic E-state index is 15.3. The molecule has 1 saturated heterocycles. The molecule has 2 heterocycles. The molecule has 1 aromatic heterocycles. The number of amides is 1. The van der Waals surface area contributed by atoms with E-state index in [4.69, 9.17) is 0 Å². The molecule has 5 rings (SSSR count). The average molecular weight is 463 g/mol. The number of nitrogens with zero attached hydrogens (tertiary/aromatic N) is 3. The average Bonchev–Trinajstić information content (AvgIpc) is 3.68. The molecule has 0 spiro atoms. The van der Waals surface area contributed by atoms with Gasteiger partial charge in [0.25, 0.3) is 5.91 Å². The highest BCUT2D eigenvalue weighted by Crippen LogP contribution is 2.38. The summed E-state index contributed by atoms with van der Waals surface area (Å²) in [5.74, 6) is -0.876. The summed E-state index contributed by atoms with van der Waals surface area (Å²) >= 11 is 0. The molecular weight excluding hydrogens is 431 g/mol. The SMILES string of the molecule is CCN1CCN(c2cc3c(cc2F)c(=O)c(C(=O)Nc2cccc(C)c2C)cn3C2CC2)CC1. The number of benzene rings is 2. The molecule has 1 aliphatic carbocycles. The van der Waals surface area contributed by atoms with Crippen molar-refractivity contribution in [3.63, 3.8) is 0 Å². The van der Waals surface area contributed by atoms with Crippen LogP contribution in [0.15, 0.2) is 41.3 Å². The van der Waals surface area contributed by atoms with Crippen LogP contribution in [-0.4, -0.2) is 48.1 Å². The number of nitrogens with one attached hydrogen (secondary N) is 1. The first-order valence-electron chi connectivity index (χ1n) is 12.1. The Balaban J connectivity index is 1.55. The van der Waals surface area contributed by atoms with Gasteiger partial charge in [0.05, 0.1) is 11.2 Å². The van der Waals surface area contributed by atoms with E-state index in [-0.39, 0.29) is 17.0 Å². The van der Waals surface area contributed by atoms with E-state index in [9.17, 15) is 9.59 Å². The number of fused-ring (bicyclic) bond motifs is 1. The number of carbonyl (C=O) groups is 1. The molecule has 2 aromatic carbocycles. The standard InChI is InChI=1S/C27H31FN4O2/c1-4-30-10-12-31(13-11-30)25-15-24-20(14-22(25)28)26(33)21(16-32(24)19-8-9-19)27(34)29-23-7-5-6-17(2)18(23)3/h5-7,14-16,19H,4,8-13H2,1-3H3,(H,29,34). The van der Waals surface area contributed by atoms with Crippen molar-refractivity contribution in [2.24, 2.45) is 0 Å². The fourth-order valence-corrected chi connectivity index (χ4v) is 4.80. The molecule has 7 heteroatoms. The van der Waals surface area contributed by atoms with Crippen molar-refractivity contribution in [1.29, 1.82) is 0 Å². The summed E-state index contributed by atoms with van der Waals surface area (Å²) in [7, 11) is 0. The Morgan fingerprint density at radius 3 is 2.53 bits per heavy atom. The zero-order chi connectivity index (χ0) is 24.0. The highest BCUT2D eigenvalue weighted by atomic mass is 19.1. The smallest absolute Gasteiger partial charge is 0.261 e. The number of piperazine rings is 1. The van der Waals surface area contributed by atoms with Gasteiger partial charge in [0.15, 0.2) is 0 Å². The lowest BCUT2D eigenvalue weighted by atomic mass is 10.1. The summed E-state index contributed by atoms with van der Waals surface area (Å²) < 4.78 is 17.3. The number of hydrogen-bond donors (Lipinski definition) is 1. The Morgan fingerprint density at radius 2 is 1.85 bits per heavy atom. The van der Waals surface area contributed by atoms with Gasteiger partial charge in [0, 0.05) is 49.5 Å². The highest BCUT2D eigenvalue weighted by Gasteiger charge is 2.28. The molecule has 0 bridgehead atoms. The third-order valence-electron chi connectivity index (χ3n) is 7.30. The second-order valence-electron chi connectivity index (χ2n) is 9.45. The van der Waals surface area contributed by atoms with Crippen LogP contribution < -0.4 is 15.6 Å². The van der Waals surface area contributed by atoms with E-state index in [1.54, 1.807) is 12.3 Å². The zero-order valence-corrected chi connectivity index (χ0v) is 20.0. The summed E-state index contributed by atoms with van der Waals surface area (Å²) in [4.78, 5) is 30.9. The molecule has 3 aromatic rings. The van der Waals surface area contributed by atoms with E-state index in [0.29, 0.717) is 16.9 Å².